The molecule has 1 atom stereocenters. The molecule has 0 heterocycles. The first-order valence-electron chi connectivity index (χ1n) is 3.66. The third-order valence-corrected chi connectivity index (χ3v) is 2.53. The summed E-state index contributed by atoms with van der Waals surface area (Å²) >= 11 is 0. The van der Waals surface area contributed by atoms with Crippen LogP contribution in [-0.2, 0) is 10.8 Å². The molecule has 2 nitrogen and oxygen atoms in total. The van der Waals surface area contributed by atoms with Crippen LogP contribution in [0.15, 0.2) is 12.0 Å². The number of hydrogen-bond donors (Lipinski definition) is 1. The van der Waals surface area contributed by atoms with E-state index in [0.29, 0.717) is 5.75 Å². The van der Waals surface area contributed by atoms with Gasteiger partial charge in [0.25, 0.3) is 0 Å². The van der Waals surface area contributed by atoms with Gasteiger partial charge in [-0.05, 0) is 18.4 Å². The van der Waals surface area contributed by atoms with Crippen LogP contribution in [0.3, 0.4) is 0 Å². The van der Waals surface area contributed by atoms with Crippen molar-refractivity contribution >= 4 is 21.0 Å². The van der Waals surface area contributed by atoms with Gasteiger partial charge in [-0.25, -0.2) is 0 Å². The summed E-state index contributed by atoms with van der Waals surface area (Å²) in [5.41, 5.74) is 0. The van der Waals surface area contributed by atoms with E-state index in [1.54, 1.807) is 0 Å². The van der Waals surface area contributed by atoms with Gasteiger partial charge in [0.2, 0.25) is 0 Å². The van der Waals surface area contributed by atoms with E-state index in [-0.39, 0.29) is 0 Å². The van der Waals surface area contributed by atoms with E-state index in [9.17, 15) is 4.21 Å². The van der Waals surface area contributed by atoms with Crippen LogP contribution in [0.4, 0.5) is 0 Å². The van der Waals surface area contributed by atoms with Gasteiger partial charge in [-0.2, -0.15) is 0 Å². The standard InChI is InChI=1S/C7H14NOSSi/c1-2-10(9)6-5-8-4-3-7-11/h2,8H,1,3-7H2. The molecule has 0 aliphatic rings. The van der Waals surface area contributed by atoms with E-state index in [1.807, 2.05) is 0 Å². The van der Waals surface area contributed by atoms with E-state index >= 15 is 0 Å². The summed E-state index contributed by atoms with van der Waals surface area (Å²) in [6.07, 6.45) is 1.11. The summed E-state index contributed by atoms with van der Waals surface area (Å²) in [4.78, 5) is 0. The highest BCUT2D eigenvalue weighted by Crippen LogP contribution is 1.82. The molecule has 0 spiro atoms. The third-order valence-electron chi connectivity index (χ3n) is 1.20. The molecular formula is C7H14NOSSi. The van der Waals surface area contributed by atoms with Gasteiger partial charge in [-0.15, -0.1) is 0 Å². The van der Waals surface area contributed by atoms with Crippen molar-refractivity contribution in [1.82, 2.24) is 5.32 Å². The van der Waals surface area contributed by atoms with Crippen molar-refractivity contribution in [2.24, 2.45) is 0 Å². The average Bonchev–Trinajstić information content (AvgIpc) is 2.04. The molecule has 0 aromatic heterocycles. The van der Waals surface area contributed by atoms with Gasteiger partial charge in [0.1, 0.15) is 0 Å². The molecule has 63 valence electrons. The summed E-state index contributed by atoms with van der Waals surface area (Å²) in [7, 11) is 2.53. The van der Waals surface area contributed by atoms with Gasteiger partial charge in [0.15, 0.2) is 0 Å². The molecule has 3 radical (unpaired) electrons. The third kappa shape index (κ3) is 7.97. The Kier molecular flexibility index (Phi) is 8.22. The minimum atomic E-state index is -0.843. The van der Waals surface area contributed by atoms with Crippen LogP contribution < -0.4 is 5.32 Å². The minimum Gasteiger partial charge on any atom is -0.316 e. The monoisotopic (exact) mass is 188 g/mol. The van der Waals surface area contributed by atoms with Crippen molar-refractivity contribution in [2.75, 3.05) is 18.8 Å². The van der Waals surface area contributed by atoms with Crippen LogP contribution in [0.2, 0.25) is 6.04 Å². The van der Waals surface area contributed by atoms with Crippen molar-refractivity contribution in [3.63, 3.8) is 0 Å². The van der Waals surface area contributed by atoms with Crippen molar-refractivity contribution in [2.45, 2.75) is 12.5 Å². The van der Waals surface area contributed by atoms with E-state index in [2.05, 4.69) is 22.1 Å². The largest absolute Gasteiger partial charge is 0.316 e. The first kappa shape index (κ1) is 11.1. The van der Waals surface area contributed by atoms with E-state index in [4.69, 9.17) is 0 Å². The second kappa shape index (κ2) is 8.17. The summed E-state index contributed by atoms with van der Waals surface area (Å²) in [6.45, 7) is 5.23. The molecule has 0 saturated carbocycles. The minimum absolute atomic E-state index is 0.672. The van der Waals surface area contributed by atoms with Gasteiger partial charge in [-0.1, -0.05) is 12.6 Å². The maximum absolute atomic E-state index is 10.8. The molecule has 0 rings (SSSR count). The molecule has 0 amide bonds. The van der Waals surface area contributed by atoms with Crippen LogP contribution in [0, 0.1) is 0 Å². The predicted octanol–water partition coefficient (Wildman–Crippen LogP) is 0.445. The SMILES string of the molecule is C=CS(=O)CCNCCC[Si]. The first-order chi connectivity index (χ1) is 5.31. The van der Waals surface area contributed by atoms with Crippen molar-refractivity contribution in [1.29, 1.82) is 0 Å². The summed E-state index contributed by atoms with van der Waals surface area (Å²) in [5, 5.41) is 4.66. The molecule has 11 heavy (non-hydrogen) atoms. The van der Waals surface area contributed by atoms with Gasteiger partial charge < -0.3 is 5.32 Å². The molecule has 1 unspecified atom stereocenters. The topological polar surface area (TPSA) is 29.1 Å². The Balaban J connectivity index is 3.01. The van der Waals surface area contributed by atoms with Crippen molar-refractivity contribution < 1.29 is 4.21 Å². The van der Waals surface area contributed by atoms with Crippen LogP contribution in [0.5, 0.6) is 0 Å². The highest BCUT2D eigenvalue weighted by molar-refractivity contribution is 7.87. The van der Waals surface area contributed by atoms with Gasteiger partial charge in [-0.3, -0.25) is 4.21 Å². The molecule has 0 aromatic rings. The summed E-state index contributed by atoms with van der Waals surface area (Å²) in [6, 6.07) is 1.01. The highest BCUT2D eigenvalue weighted by atomic mass is 32.2. The van der Waals surface area contributed by atoms with Crippen LogP contribution in [0.25, 0.3) is 0 Å². The lowest BCUT2D eigenvalue weighted by Gasteiger charge is -2.00. The molecule has 0 aliphatic carbocycles. The molecule has 0 saturated heterocycles. The summed E-state index contributed by atoms with van der Waals surface area (Å²) < 4.78 is 10.8. The molecule has 0 bridgehead atoms. The lowest BCUT2D eigenvalue weighted by molar-refractivity contribution is 0.674. The molecule has 0 aromatic carbocycles. The Hall–Kier alpha value is 0.0669. The van der Waals surface area contributed by atoms with Crippen molar-refractivity contribution in [3.05, 3.63) is 12.0 Å². The fourth-order valence-corrected chi connectivity index (χ4v) is 1.28. The zero-order chi connectivity index (χ0) is 8.53. The van der Waals surface area contributed by atoms with E-state index < -0.39 is 10.8 Å². The van der Waals surface area contributed by atoms with Gasteiger partial charge in [0.05, 0.1) is 0 Å². The highest BCUT2D eigenvalue weighted by Gasteiger charge is 1.91. The first-order valence-corrected chi connectivity index (χ1v) is 5.75. The fraction of sp³-hybridized carbons (Fsp3) is 0.714. The summed E-state index contributed by atoms with van der Waals surface area (Å²) in [5.74, 6) is 0.672. The van der Waals surface area contributed by atoms with Crippen LogP contribution in [-0.4, -0.2) is 33.3 Å². The van der Waals surface area contributed by atoms with Gasteiger partial charge in [0, 0.05) is 33.3 Å². The molecule has 4 heteroatoms. The Bertz CT molecular complexity index is 130. The lowest BCUT2D eigenvalue weighted by atomic mass is 10.5. The number of nitrogens with one attached hydrogen (secondary N) is 1. The number of hydrogen-bond acceptors (Lipinski definition) is 2. The quantitative estimate of drug-likeness (QED) is 0.464. The Labute approximate surface area is 74.3 Å². The number of rotatable bonds is 7. The predicted molar refractivity (Wildman–Crippen MR) is 51.3 cm³/mol. The molecular weight excluding hydrogens is 174 g/mol. The second-order valence-electron chi connectivity index (χ2n) is 2.11. The normalized spacial score (nSPS) is 12.8. The van der Waals surface area contributed by atoms with E-state index in [1.165, 1.54) is 5.41 Å². The lowest BCUT2D eigenvalue weighted by Crippen LogP contribution is -2.20. The molecule has 0 aliphatic heterocycles. The van der Waals surface area contributed by atoms with Crippen LogP contribution in [0.1, 0.15) is 6.42 Å². The zero-order valence-electron chi connectivity index (χ0n) is 6.64. The average molecular weight is 188 g/mol. The Morgan fingerprint density at radius 1 is 1.55 bits per heavy atom. The van der Waals surface area contributed by atoms with Crippen molar-refractivity contribution in [3.8, 4) is 0 Å². The zero-order valence-corrected chi connectivity index (χ0v) is 8.45. The molecule has 0 fully saturated rings. The smallest absolute Gasteiger partial charge is 0.0462 e. The van der Waals surface area contributed by atoms with Crippen LogP contribution >= 0.6 is 0 Å². The Morgan fingerprint density at radius 3 is 2.82 bits per heavy atom. The fourth-order valence-electron chi connectivity index (χ4n) is 0.594. The Morgan fingerprint density at radius 2 is 2.27 bits per heavy atom. The van der Waals surface area contributed by atoms with E-state index in [0.717, 1.165) is 25.6 Å². The maximum atomic E-state index is 10.8. The maximum Gasteiger partial charge on any atom is 0.0462 e. The molecule has 1 N–H and O–H groups in total. The van der Waals surface area contributed by atoms with Gasteiger partial charge >= 0.3 is 0 Å². The second-order valence-corrected chi connectivity index (χ2v) is 4.11.